The summed E-state index contributed by atoms with van der Waals surface area (Å²) in [6.45, 7) is 2.71. The van der Waals surface area contributed by atoms with Crippen molar-refractivity contribution in [3.8, 4) is 11.8 Å². The Hall–Kier alpha value is -2.24. The van der Waals surface area contributed by atoms with Crippen molar-refractivity contribution in [2.45, 2.75) is 13.3 Å². The van der Waals surface area contributed by atoms with Crippen LogP contribution in [0, 0.1) is 18.8 Å². The molecule has 0 aromatic heterocycles. The van der Waals surface area contributed by atoms with Crippen molar-refractivity contribution in [3.05, 3.63) is 70.2 Å². The van der Waals surface area contributed by atoms with E-state index in [4.69, 9.17) is 11.6 Å². The first-order chi connectivity index (χ1) is 10.5. The lowest BCUT2D eigenvalue weighted by Gasteiger charge is -2.13. The Kier molecular flexibility index (Phi) is 5.63. The van der Waals surface area contributed by atoms with Gasteiger partial charge in [-0.2, -0.15) is 0 Å². The van der Waals surface area contributed by atoms with Crippen molar-refractivity contribution in [2.24, 2.45) is 0 Å². The number of likely N-dealkylation sites (N-methyl/N-ethyl adjacent to an activating group) is 1. The van der Waals surface area contributed by atoms with Crippen molar-refractivity contribution in [2.75, 3.05) is 13.6 Å². The molecule has 0 saturated carbocycles. The lowest BCUT2D eigenvalue weighted by molar-refractivity contribution is -0.123. The minimum Gasteiger partial charge on any atom is -0.335 e. The van der Waals surface area contributed by atoms with Gasteiger partial charge in [0.25, 0.3) is 5.91 Å². The van der Waals surface area contributed by atoms with Crippen LogP contribution in [-0.2, 0) is 11.2 Å². The third-order valence-electron chi connectivity index (χ3n) is 3.30. The van der Waals surface area contributed by atoms with Gasteiger partial charge in [-0.15, -0.1) is 0 Å². The first-order valence-corrected chi connectivity index (χ1v) is 7.50. The molecule has 0 spiro atoms. The Morgan fingerprint density at radius 3 is 2.68 bits per heavy atom. The molecule has 2 aromatic carbocycles. The number of hydrogen-bond donors (Lipinski definition) is 0. The molecule has 3 heteroatoms. The van der Waals surface area contributed by atoms with Crippen molar-refractivity contribution in [1.82, 2.24) is 4.90 Å². The quantitative estimate of drug-likeness (QED) is 0.792. The molecule has 0 radical (unpaired) electrons. The summed E-state index contributed by atoms with van der Waals surface area (Å²) in [6, 6.07) is 15.5. The van der Waals surface area contributed by atoms with E-state index in [1.54, 1.807) is 24.1 Å². The van der Waals surface area contributed by atoms with Crippen molar-refractivity contribution < 1.29 is 4.79 Å². The molecule has 112 valence electrons. The topological polar surface area (TPSA) is 20.3 Å². The molecule has 0 atom stereocenters. The second-order valence-electron chi connectivity index (χ2n) is 5.23. The van der Waals surface area contributed by atoms with Gasteiger partial charge in [0, 0.05) is 30.1 Å². The lowest BCUT2D eigenvalue weighted by Crippen LogP contribution is -2.27. The number of benzene rings is 2. The molecule has 0 aliphatic rings. The normalized spacial score (nSPS) is 9.77. The van der Waals surface area contributed by atoms with Gasteiger partial charge in [0.1, 0.15) is 0 Å². The summed E-state index contributed by atoms with van der Waals surface area (Å²) in [7, 11) is 1.77. The SMILES string of the molecule is Cc1cccc(CCN(C)C(=O)C#Cc2cccc(Cl)c2)c1. The predicted molar refractivity (Wildman–Crippen MR) is 90.9 cm³/mol. The second-order valence-corrected chi connectivity index (χ2v) is 5.66. The van der Waals surface area contributed by atoms with E-state index in [-0.39, 0.29) is 5.91 Å². The molecule has 0 aliphatic carbocycles. The van der Waals surface area contributed by atoms with Gasteiger partial charge in [-0.05, 0) is 37.1 Å². The summed E-state index contributed by atoms with van der Waals surface area (Å²) in [5.41, 5.74) is 3.20. The van der Waals surface area contributed by atoms with Crippen LogP contribution in [0.3, 0.4) is 0 Å². The van der Waals surface area contributed by atoms with Gasteiger partial charge < -0.3 is 4.90 Å². The highest BCUT2D eigenvalue weighted by molar-refractivity contribution is 6.30. The van der Waals surface area contributed by atoms with Gasteiger partial charge in [0.2, 0.25) is 0 Å². The van der Waals surface area contributed by atoms with E-state index >= 15 is 0 Å². The summed E-state index contributed by atoms with van der Waals surface area (Å²) in [5, 5.41) is 0.618. The molecule has 0 bridgehead atoms. The first-order valence-electron chi connectivity index (χ1n) is 7.13. The number of hydrogen-bond acceptors (Lipinski definition) is 1. The zero-order valence-electron chi connectivity index (χ0n) is 12.8. The fourth-order valence-corrected chi connectivity index (χ4v) is 2.24. The monoisotopic (exact) mass is 311 g/mol. The molecule has 0 fully saturated rings. The number of nitrogens with zero attached hydrogens (tertiary/aromatic N) is 1. The van der Waals surface area contributed by atoms with E-state index in [9.17, 15) is 4.79 Å². The largest absolute Gasteiger partial charge is 0.335 e. The fourth-order valence-electron chi connectivity index (χ4n) is 2.05. The highest BCUT2D eigenvalue weighted by Crippen LogP contribution is 2.09. The van der Waals surface area contributed by atoms with Crippen LogP contribution in [0.5, 0.6) is 0 Å². The Bertz CT molecular complexity index is 727. The Balaban J connectivity index is 1.93. The van der Waals surface area contributed by atoms with Crippen LogP contribution in [0.25, 0.3) is 0 Å². The van der Waals surface area contributed by atoms with E-state index in [2.05, 4.69) is 37.0 Å². The highest BCUT2D eigenvalue weighted by Gasteiger charge is 2.05. The molecule has 0 unspecified atom stereocenters. The van der Waals surface area contributed by atoms with Crippen LogP contribution in [0.15, 0.2) is 48.5 Å². The van der Waals surface area contributed by atoms with Crippen LogP contribution in [-0.4, -0.2) is 24.4 Å². The molecule has 2 rings (SSSR count). The fraction of sp³-hybridized carbons (Fsp3) is 0.211. The van der Waals surface area contributed by atoms with Gasteiger partial charge in [0.05, 0.1) is 0 Å². The Morgan fingerprint density at radius 2 is 1.95 bits per heavy atom. The molecular weight excluding hydrogens is 294 g/mol. The van der Waals surface area contributed by atoms with Gasteiger partial charge in [-0.3, -0.25) is 4.79 Å². The second kappa shape index (κ2) is 7.68. The molecule has 2 nitrogen and oxygen atoms in total. The average Bonchev–Trinajstić information content (AvgIpc) is 2.50. The molecule has 2 aromatic rings. The third-order valence-corrected chi connectivity index (χ3v) is 3.54. The average molecular weight is 312 g/mol. The van der Waals surface area contributed by atoms with Crippen LogP contribution in [0.1, 0.15) is 16.7 Å². The molecule has 22 heavy (non-hydrogen) atoms. The maximum atomic E-state index is 12.0. The van der Waals surface area contributed by atoms with E-state index < -0.39 is 0 Å². The van der Waals surface area contributed by atoms with Gasteiger partial charge in [0.15, 0.2) is 0 Å². The standard InChI is InChI=1S/C19H18ClNO/c1-15-5-3-6-17(13-15)11-12-21(2)19(22)10-9-16-7-4-8-18(20)14-16/h3-8,13-14H,11-12H2,1-2H3. The summed E-state index contributed by atoms with van der Waals surface area (Å²) < 4.78 is 0. The minimum atomic E-state index is -0.187. The summed E-state index contributed by atoms with van der Waals surface area (Å²) >= 11 is 5.89. The molecule has 0 heterocycles. The summed E-state index contributed by atoms with van der Waals surface area (Å²) in [6.07, 6.45) is 0.822. The molecule has 1 amide bonds. The molecule has 0 aliphatic heterocycles. The number of carbonyl (C=O) groups is 1. The highest BCUT2D eigenvalue weighted by atomic mass is 35.5. The first kappa shape index (κ1) is 16.1. The zero-order chi connectivity index (χ0) is 15.9. The Labute approximate surface area is 136 Å². The smallest absolute Gasteiger partial charge is 0.298 e. The van der Waals surface area contributed by atoms with E-state index in [0.717, 1.165) is 12.0 Å². The predicted octanol–water partition coefficient (Wildman–Crippen LogP) is 3.70. The Morgan fingerprint density at radius 1 is 1.18 bits per heavy atom. The van der Waals surface area contributed by atoms with Gasteiger partial charge in [-0.1, -0.05) is 53.4 Å². The van der Waals surface area contributed by atoms with E-state index in [0.29, 0.717) is 11.6 Å². The zero-order valence-corrected chi connectivity index (χ0v) is 13.5. The summed E-state index contributed by atoms with van der Waals surface area (Å²) in [4.78, 5) is 13.6. The number of aryl methyl sites for hydroxylation is 1. The maximum absolute atomic E-state index is 12.0. The minimum absolute atomic E-state index is 0.187. The van der Waals surface area contributed by atoms with Crippen LogP contribution < -0.4 is 0 Å². The number of rotatable bonds is 3. The van der Waals surface area contributed by atoms with Crippen molar-refractivity contribution >= 4 is 17.5 Å². The third kappa shape index (κ3) is 4.95. The van der Waals surface area contributed by atoms with Crippen molar-refractivity contribution in [3.63, 3.8) is 0 Å². The van der Waals surface area contributed by atoms with Crippen LogP contribution in [0.4, 0.5) is 0 Å². The number of halogens is 1. The lowest BCUT2D eigenvalue weighted by atomic mass is 10.1. The van der Waals surface area contributed by atoms with Gasteiger partial charge in [-0.25, -0.2) is 0 Å². The number of amides is 1. The molecule has 0 saturated heterocycles. The molecular formula is C19H18ClNO. The van der Waals surface area contributed by atoms with Crippen molar-refractivity contribution in [1.29, 1.82) is 0 Å². The van der Waals surface area contributed by atoms with Crippen LogP contribution in [0.2, 0.25) is 5.02 Å². The van der Waals surface area contributed by atoms with Gasteiger partial charge >= 0.3 is 0 Å². The van der Waals surface area contributed by atoms with E-state index in [1.165, 1.54) is 11.1 Å². The molecule has 0 N–H and O–H groups in total. The summed E-state index contributed by atoms with van der Waals surface area (Å²) in [5.74, 6) is 5.31. The van der Waals surface area contributed by atoms with E-state index in [1.807, 2.05) is 18.2 Å². The maximum Gasteiger partial charge on any atom is 0.298 e. The van der Waals surface area contributed by atoms with Crippen LogP contribution >= 0.6 is 11.6 Å². The number of carbonyl (C=O) groups excluding carboxylic acids is 1.